The highest BCUT2D eigenvalue weighted by molar-refractivity contribution is 5.82. The molecule has 1 saturated heterocycles. The van der Waals surface area contributed by atoms with Gasteiger partial charge in [0.05, 0.1) is 6.04 Å². The Bertz CT molecular complexity index is 716. The van der Waals surface area contributed by atoms with Gasteiger partial charge in [-0.25, -0.2) is 0 Å². The first kappa shape index (κ1) is 15.1. The van der Waals surface area contributed by atoms with Gasteiger partial charge in [-0.2, -0.15) is 5.10 Å². The van der Waals surface area contributed by atoms with Crippen molar-refractivity contribution < 1.29 is 14.3 Å². The summed E-state index contributed by atoms with van der Waals surface area (Å²) >= 11 is 0. The van der Waals surface area contributed by atoms with E-state index in [9.17, 15) is 4.79 Å². The number of hydrogen-bond acceptors (Lipinski definition) is 4. The van der Waals surface area contributed by atoms with Crippen molar-refractivity contribution in [3.8, 4) is 11.5 Å². The average Bonchev–Trinajstić information content (AvgIpc) is 3.15. The van der Waals surface area contributed by atoms with Crippen LogP contribution < -0.4 is 9.47 Å². The summed E-state index contributed by atoms with van der Waals surface area (Å²) in [4.78, 5) is 14.9. The molecule has 0 bridgehead atoms. The van der Waals surface area contributed by atoms with Gasteiger partial charge < -0.3 is 14.4 Å². The summed E-state index contributed by atoms with van der Waals surface area (Å²) in [6, 6.07) is 9.62. The van der Waals surface area contributed by atoms with Crippen LogP contribution in [-0.2, 0) is 4.79 Å². The Hall–Kier alpha value is -2.50. The van der Waals surface area contributed by atoms with Gasteiger partial charge in [0.2, 0.25) is 6.10 Å². The van der Waals surface area contributed by atoms with Crippen molar-refractivity contribution >= 4 is 5.91 Å². The van der Waals surface area contributed by atoms with Crippen molar-refractivity contribution in [3.05, 3.63) is 42.7 Å². The van der Waals surface area contributed by atoms with E-state index in [2.05, 4.69) is 5.10 Å². The molecular formula is C18H21N3O3. The number of likely N-dealkylation sites (tertiary alicyclic amines) is 1. The summed E-state index contributed by atoms with van der Waals surface area (Å²) in [6.07, 6.45) is 4.82. The number of carbonyl (C=O) groups excluding carboxylic acids is 1. The lowest BCUT2D eigenvalue weighted by Gasteiger charge is -2.38. The van der Waals surface area contributed by atoms with Crippen LogP contribution in [0, 0.1) is 0 Å². The standard InChI is InChI=1S/C18H21N3O3/c1-13-17(24-16-8-3-2-7-15(16)23-13)18(22)20-10-4-6-14(12-20)21-11-5-9-19-21/h2-3,5,7-9,11,13-14,17H,4,6,10,12H2,1H3/t13-,14+,17-/m0/s1. The Morgan fingerprint density at radius 3 is 2.75 bits per heavy atom. The second-order valence-corrected chi connectivity index (χ2v) is 6.37. The molecule has 24 heavy (non-hydrogen) atoms. The molecule has 6 nitrogen and oxygen atoms in total. The average molecular weight is 327 g/mol. The lowest BCUT2D eigenvalue weighted by Crippen LogP contribution is -2.53. The van der Waals surface area contributed by atoms with E-state index < -0.39 is 6.10 Å². The first-order valence-electron chi connectivity index (χ1n) is 8.42. The number of piperidine rings is 1. The number of amides is 1. The summed E-state index contributed by atoms with van der Waals surface area (Å²) in [7, 11) is 0. The Balaban J connectivity index is 1.49. The van der Waals surface area contributed by atoms with Gasteiger partial charge in [0.15, 0.2) is 11.5 Å². The van der Waals surface area contributed by atoms with Crippen molar-refractivity contribution in [3.63, 3.8) is 0 Å². The fourth-order valence-electron chi connectivity index (χ4n) is 3.44. The molecule has 6 heteroatoms. The molecule has 2 aliphatic rings. The van der Waals surface area contributed by atoms with E-state index in [1.807, 2.05) is 53.0 Å². The van der Waals surface area contributed by atoms with Gasteiger partial charge in [-0.1, -0.05) is 12.1 Å². The highest BCUT2D eigenvalue weighted by atomic mass is 16.6. The molecule has 0 unspecified atom stereocenters. The maximum atomic E-state index is 13.0. The number of fused-ring (bicyclic) bond motifs is 1. The van der Waals surface area contributed by atoms with E-state index in [0.29, 0.717) is 18.0 Å². The minimum Gasteiger partial charge on any atom is -0.482 e. The molecule has 1 fully saturated rings. The van der Waals surface area contributed by atoms with Gasteiger partial charge in [-0.3, -0.25) is 9.48 Å². The Kier molecular flexibility index (Phi) is 3.88. The highest BCUT2D eigenvalue weighted by Gasteiger charge is 2.38. The Labute approximate surface area is 141 Å². The van der Waals surface area contributed by atoms with Gasteiger partial charge >= 0.3 is 0 Å². The van der Waals surface area contributed by atoms with Crippen LogP contribution in [0.4, 0.5) is 0 Å². The molecule has 3 atom stereocenters. The number of hydrogen-bond donors (Lipinski definition) is 0. The fraction of sp³-hybridized carbons (Fsp3) is 0.444. The first-order chi connectivity index (χ1) is 11.7. The number of benzene rings is 1. The predicted molar refractivity (Wildman–Crippen MR) is 88.0 cm³/mol. The van der Waals surface area contributed by atoms with E-state index in [1.54, 1.807) is 6.20 Å². The van der Waals surface area contributed by atoms with Gasteiger partial charge in [0.1, 0.15) is 6.10 Å². The van der Waals surface area contributed by atoms with E-state index in [-0.39, 0.29) is 18.1 Å². The number of carbonyl (C=O) groups is 1. The summed E-state index contributed by atoms with van der Waals surface area (Å²) in [5, 5.41) is 4.31. The Morgan fingerprint density at radius 1 is 1.21 bits per heavy atom. The number of ether oxygens (including phenoxy) is 2. The summed E-state index contributed by atoms with van der Waals surface area (Å²) in [5.74, 6) is 1.32. The predicted octanol–water partition coefficient (Wildman–Crippen LogP) is 2.28. The molecule has 2 aliphatic heterocycles. The minimum absolute atomic E-state index is 0.00569. The smallest absolute Gasteiger partial charge is 0.267 e. The highest BCUT2D eigenvalue weighted by Crippen LogP contribution is 2.34. The summed E-state index contributed by atoms with van der Waals surface area (Å²) in [6.45, 7) is 3.30. The Morgan fingerprint density at radius 2 is 2.00 bits per heavy atom. The first-order valence-corrected chi connectivity index (χ1v) is 8.42. The lowest BCUT2D eigenvalue weighted by molar-refractivity contribution is -0.146. The topological polar surface area (TPSA) is 56.6 Å². The molecular weight excluding hydrogens is 306 g/mol. The molecule has 4 rings (SSSR count). The maximum absolute atomic E-state index is 13.0. The van der Waals surface area contributed by atoms with Crippen LogP contribution in [0.1, 0.15) is 25.8 Å². The van der Waals surface area contributed by atoms with Gasteiger partial charge in [0.25, 0.3) is 5.91 Å². The number of aromatic nitrogens is 2. The van der Waals surface area contributed by atoms with Gasteiger partial charge in [-0.05, 0) is 38.0 Å². The number of nitrogens with zero attached hydrogens (tertiary/aromatic N) is 3. The van der Waals surface area contributed by atoms with Gasteiger partial charge in [-0.15, -0.1) is 0 Å². The molecule has 0 radical (unpaired) electrons. The lowest BCUT2D eigenvalue weighted by atomic mass is 10.0. The zero-order valence-electron chi connectivity index (χ0n) is 13.7. The molecule has 0 N–H and O–H groups in total. The largest absolute Gasteiger partial charge is 0.482 e. The fourth-order valence-corrected chi connectivity index (χ4v) is 3.44. The van der Waals surface area contributed by atoms with Crippen molar-refractivity contribution in [2.75, 3.05) is 13.1 Å². The molecule has 2 aromatic rings. The third-order valence-electron chi connectivity index (χ3n) is 4.69. The SMILES string of the molecule is C[C@@H]1Oc2ccccc2O[C@@H]1C(=O)N1CCC[C@@H](n2cccn2)C1. The van der Waals surface area contributed by atoms with E-state index in [0.717, 1.165) is 19.4 Å². The molecule has 0 aliphatic carbocycles. The van der Waals surface area contributed by atoms with Crippen LogP contribution in [0.5, 0.6) is 11.5 Å². The molecule has 0 spiro atoms. The van der Waals surface area contributed by atoms with Crippen molar-refractivity contribution in [2.45, 2.75) is 38.0 Å². The van der Waals surface area contributed by atoms with Crippen LogP contribution in [0.3, 0.4) is 0 Å². The zero-order chi connectivity index (χ0) is 16.5. The third-order valence-corrected chi connectivity index (χ3v) is 4.69. The second kappa shape index (κ2) is 6.19. The van der Waals surface area contributed by atoms with E-state index in [4.69, 9.17) is 9.47 Å². The van der Waals surface area contributed by atoms with Crippen LogP contribution >= 0.6 is 0 Å². The normalized spacial score (nSPS) is 26.2. The van der Waals surface area contributed by atoms with Crippen LogP contribution in [0.2, 0.25) is 0 Å². The summed E-state index contributed by atoms with van der Waals surface area (Å²) in [5.41, 5.74) is 0. The monoisotopic (exact) mass is 327 g/mol. The molecule has 1 aromatic carbocycles. The van der Waals surface area contributed by atoms with Crippen LogP contribution in [0.25, 0.3) is 0 Å². The summed E-state index contributed by atoms with van der Waals surface area (Å²) < 4.78 is 13.8. The number of para-hydroxylation sites is 2. The van der Waals surface area contributed by atoms with Gasteiger partial charge in [0, 0.05) is 25.5 Å². The second-order valence-electron chi connectivity index (χ2n) is 6.37. The van der Waals surface area contributed by atoms with Crippen molar-refractivity contribution in [1.29, 1.82) is 0 Å². The zero-order valence-corrected chi connectivity index (χ0v) is 13.7. The number of rotatable bonds is 2. The third kappa shape index (κ3) is 2.72. The maximum Gasteiger partial charge on any atom is 0.267 e. The van der Waals surface area contributed by atoms with Crippen molar-refractivity contribution in [2.24, 2.45) is 0 Å². The van der Waals surface area contributed by atoms with Crippen molar-refractivity contribution in [1.82, 2.24) is 14.7 Å². The minimum atomic E-state index is -0.601. The molecule has 3 heterocycles. The molecule has 126 valence electrons. The molecule has 1 aromatic heterocycles. The van der Waals surface area contributed by atoms with Crippen LogP contribution in [-0.4, -0.2) is 45.9 Å². The quantitative estimate of drug-likeness (QED) is 0.849. The van der Waals surface area contributed by atoms with E-state index >= 15 is 0 Å². The van der Waals surface area contributed by atoms with Crippen LogP contribution in [0.15, 0.2) is 42.7 Å². The van der Waals surface area contributed by atoms with E-state index in [1.165, 1.54) is 0 Å². The molecule has 1 amide bonds. The molecule has 0 saturated carbocycles.